The van der Waals surface area contributed by atoms with Crippen LogP contribution < -0.4 is 10.6 Å². The molecule has 1 aliphatic carbocycles. The zero-order chi connectivity index (χ0) is 28.4. The second-order valence-electron chi connectivity index (χ2n) is 10.1. The largest absolute Gasteiger partial charge is 0.460 e. The van der Waals surface area contributed by atoms with E-state index >= 15 is 0 Å². The average Bonchev–Trinajstić information content (AvgIpc) is 2.84. The first-order chi connectivity index (χ1) is 18.0. The number of alkyl carbamates (subject to hydrolysis) is 2. The fourth-order valence-electron chi connectivity index (χ4n) is 4.56. The van der Waals surface area contributed by atoms with Gasteiger partial charge in [-0.25, -0.2) is 14.4 Å². The van der Waals surface area contributed by atoms with Crippen LogP contribution in [0.4, 0.5) is 9.59 Å². The van der Waals surface area contributed by atoms with Crippen molar-refractivity contribution in [2.45, 2.75) is 52.4 Å². The molecular weight excluding hydrogens is 500 g/mol. The third kappa shape index (κ3) is 15.6. The molecule has 0 aromatic heterocycles. The van der Waals surface area contributed by atoms with Gasteiger partial charge >= 0.3 is 18.2 Å². The van der Waals surface area contributed by atoms with Gasteiger partial charge < -0.3 is 44.2 Å². The van der Waals surface area contributed by atoms with Crippen molar-refractivity contribution in [2.24, 2.45) is 10.8 Å². The van der Waals surface area contributed by atoms with Gasteiger partial charge in [-0.3, -0.25) is 0 Å². The standard InChI is InChI=1S/C26H44N2O10/c1-6-21(29)35-12-8-33-10-14-37-23(31)27-19-26(5)17-20(16-25(3,4)18-26)28-24(32)38-15-11-34-9-13-36-22(30)7-2/h6-7,20,22,30H,1-2,8-19H2,3-5H3,(H,27,31)(H,28,32). The number of carbonyl (C=O) groups excluding carboxylic acids is 3. The van der Waals surface area contributed by atoms with Gasteiger partial charge in [-0.1, -0.05) is 33.9 Å². The first kappa shape index (κ1) is 33.4. The van der Waals surface area contributed by atoms with Gasteiger partial charge in [0.15, 0.2) is 6.29 Å². The molecule has 1 rings (SSSR count). The van der Waals surface area contributed by atoms with Gasteiger partial charge in [0.2, 0.25) is 0 Å². The van der Waals surface area contributed by atoms with E-state index in [2.05, 4.69) is 44.6 Å². The molecule has 2 amide bonds. The SMILES string of the molecule is C=CC(=O)OCCOCCOC(=O)NCC1(C)CC(NC(=O)OCCOCCOC(O)C=C)CC(C)(C)C1. The van der Waals surface area contributed by atoms with Crippen LogP contribution in [-0.4, -0.2) is 95.0 Å². The Labute approximate surface area is 225 Å². The van der Waals surface area contributed by atoms with E-state index in [1.807, 2.05) is 0 Å². The Morgan fingerprint density at radius 1 is 0.895 bits per heavy atom. The molecule has 0 aliphatic heterocycles. The third-order valence-electron chi connectivity index (χ3n) is 5.70. The van der Waals surface area contributed by atoms with E-state index in [0.717, 1.165) is 18.9 Å². The van der Waals surface area contributed by atoms with E-state index in [4.69, 9.17) is 28.4 Å². The quantitative estimate of drug-likeness (QED) is 0.0585. The molecule has 0 radical (unpaired) electrons. The molecule has 1 fully saturated rings. The Morgan fingerprint density at radius 3 is 2.08 bits per heavy atom. The van der Waals surface area contributed by atoms with Crippen LogP contribution in [0.25, 0.3) is 0 Å². The molecule has 12 nitrogen and oxygen atoms in total. The van der Waals surface area contributed by atoms with Gasteiger partial charge in [-0.15, -0.1) is 0 Å². The number of nitrogens with one attached hydrogen (secondary N) is 2. The van der Waals surface area contributed by atoms with Crippen LogP contribution in [0.1, 0.15) is 40.0 Å². The lowest BCUT2D eigenvalue weighted by atomic mass is 9.62. The number of ether oxygens (including phenoxy) is 6. The summed E-state index contributed by atoms with van der Waals surface area (Å²) in [5, 5.41) is 14.9. The molecule has 1 saturated carbocycles. The molecule has 3 N–H and O–H groups in total. The van der Waals surface area contributed by atoms with E-state index in [1.165, 1.54) is 6.08 Å². The summed E-state index contributed by atoms with van der Waals surface area (Å²) >= 11 is 0. The predicted molar refractivity (Wildman–Crippen MR) is 138 cm³/mol. The summed E-state index contributed by atoms with van der Waals surface area (Å²) in [6.45, 7) is 14.7. The van der Waals surface area contributed by atoms with Gasteiger partial charge in [-0.2, -0.15) is 0 Å². The van der Waals surface area contributed by atoms with Crippen molar-refractivity contribution in [2.75, 3.05) is 59.4 Å². The normalized spacial score (nSPS) is 21.0. The smallest absolute Gasteiger partial charge is 0.407 e. The molecule has 1 aliphatic rings. The van der Waals surface area contributed by atoms with Crippen molar-refractivity contribution in [3.05, 3.63) is 25.3 Å². The Balaban J connectivity index is 2.29. The molecule has 0 heterocycles. The van der Waals surface area contributed by atoms with E-state index in [1.54, 1.807) is 0 Å². The number of amides is 2. The van der Waals surface area contributed by atoms with Crippen molar-refractivity contribution >= 4 is 18.2 Å². The maximum Gasteiger partial charge on any atom is 0.407 e. The minimum Gasteiger partial charge on any atom is -0.460 e. The molecule has 0 aromatic rings. The molecular formula is C26H44N2O10. The van der Waals surface area contributed by atoms with E-state index in [-0.39, 0.29) is 69.7 Å². The number of hydrogen-bond acceptors (Lipinski definition) is 10. The van der Waals surface area contributed by atoms with E-state index in [9.17, 15) is 19.5 Å². The Hall–Kier alpha value is -2.67. The second-order valence-corrected chi connectivity index (χ2v) is 10.1. The van der Waals surface area contributed by atoms with E-state index in [0.29, 0.717) is 13.0 Å². The van der Waals surface area contributed by atoms with E-state index < -0.39 is 24.4 Å². The minimum absolute atomic E-state index is 0.0570. The molecule has 3 unspecified atom stereocenters. The maximum absolute atomic E-state index is 12.3. The fourth-order valence-corrected chi connectivity index (χ4v) is 4.56. The summed E-state index contributed by atoms with van der Waals surface area (Å²) in [4.78, 5) is 35.3. The summed E-state index contributed by atoms with van der Waals surface area (Å²) in [6.07, 6.45) is 2.53. The first-order valence-corrected chi connectivity index (χ1v) is 12.7. The topological polar surface area (TPSA) is 151 Å². The molecule has 0 aromatic carbocycles. The van der Waals surface area contributed by atoms with Crippen molar-refractivity contribution in [3.8, 4) is 0 Å². The molecule has 0 bridgehead atoms. The number of carbonyl (C=O) groups is 3. The molecule has 0 spiro atoms. The van der Waals surface area contributed by atoms with Crippen LogP contribution >= 0.6 is 0 Å². The lowest BCUT2D eigenvalue weighted by molar-refractivity contribution is -0.139. The van der Waals surface area contributed by atoms with Gasteiger partial charge in [0, 0.05) is 18.7 Å². The molecule has 0 saturated heterocycles. The average molecular weight is 545 g/mol. The Kier molecular flexibility index (Phi) is 15.6. The highest BCUT2D eigenvalue weighted by atomic mass is 16.6. The lowest BCUT2D eigenvalue weighted by Crippen LogP contribution is -2.50. The van der Waals surface area contributed by atoms with Crippen LogP contribution in [0.3, 0.4) is 0 Å². The van der Waals surface area contributed by atoms with Crippen LogP contribution in [-0.2, 0) is 33.2 Å². The predicted octanol–water partition coefficient (Wildman–Crippen LogP) is 2.31. The second kappa shape index (κ2) is 17.8. The van der Waals surface area contributed by atoms with Crippen molar-refractivity contribution < 1.29 is 47.9 Å². The highest BCUT2D eigenvalue weighted by Crippen LogP contribution is 2.45. The summed E-state index contributed by atoms with van der Waals surface area (Å²) < 4.78 is 30.6. The van der Waals surface area contributed by atoms with Crippen LogP contribution in [0.2, 0.25) is 0 Å². The number of aliphatic hydroxyl groups excluding tert-OH is 1. The van der Waals surface area contributed by atoms with Gasteiger partial charge in [0.1, 0.15) is 19.8 Å². The Bertz CT molecular complexity index is 760. The summed E-state index contributed by atoms with van der Waals surface area (Å²) in [6, 6.07) is -0.118. The maximum atomic E-state index is 12.3. The Morgan fingerprint density at radius 2 is 1.47 bits per heavy atom. The monoisotopic (exact) mass is 544 g/mol. The minimum atomic E-state index is -1.03. The lowest BCUT2D eigenvalue weighted by Gasteiger charge is -2.46. The molecule has 38 heavy (non-hydrogen) atoms. The number of hydrogen-bond donors (Lipinski definition) is 3. The van der Waals surface area contributed by atoms with Gasteiger partial charge in [-0.05, 0) is 36.2 Å². The zero-order valence-electron chi connectivity index (χ0n) is 22.8. The first-order valence-electron chi connectivity index (χ1n) is 12.7. The zero-order valence-corrected chi connectivity index (χ0v) is 22.8. The summed E-state index contributed by atoms with van der Waals surface area (Å²) in [7, 11) is 0. The third-order valence-corrected chi connectivity index (χ3v) is 5.70. The highest BCUT2D eigenvalue weighted by molar-refractivity contribution is 5.81. The molecule has 3 atom stereocenters. The van der Waals surface area contributed by atoms with Crippen LogP contribution in [0.15, 0.2) is 25.3 Å². The van der Waals surface area contributed by atoms with Crippen molar-refractivity contribution in [1.82, 2.24) is 10.6 Å². The fraction of sp³-hybridized carbons (Fsp3) is 0.731. The van der Waals surface area contributed by atoms with Crippen LogP contribution in [0, 0.1) is 10.8 Å². The van der Waals surface area contributed by atoms with Gasteiger partial charge in [0.25, 0.3) is 0 Å². The molecule has 218 valence electrons. The summed E-state index contributed by atoms with van der Waals surface area (Å²) in [5.41, 5.74) is -0.318. The van der Waals surface area contributed by atoms with Crippen molar-refractivity contribution in [1.29, 1.82) is 0 Å². The summed E-state index contributed by atoms with van der Waals surface area (Å²) in [5.74, 6) is -0.521. The molecule has 12 heteroatoms. The van der Waals surface area contributed by atoms with Gasteiger partial charge in [0.05, 0.1) is 33.0 Å². The highest BCUT2D eigenvalue weighted by Gasteiger charge is 2.42. The van der Waals surface area contributed by atoms with Crippen LogP contribution in [0.5, 0.6) is 0 Å². The number of esters is 1. The number of rotatable bonds is 18. The van der Waals surface area contributed by atoms with Crippen molar-refractivity contribution in [3.63, 3.8) is 0 Å². The number of aliphatic hydroxyl groups is 1.